The topological polar surface area (TPSA) is 34.8 Å². The van der Waals surface area contributed by atoms with Crippen LogP contribution in [0.5, 0.6) is 0 Å². The van der Waals surface area contributed by atoms with Gasteiger partial charge in [-0.25, -0.2) is 0 Å². The highest BCUT2D eigenvalue weighted by molar-refractivity contribution is 6.62. The first-order valence-corrected chi connectivity index (χ1v) is 14.4. The first-order chi connectivity index (χ1) is 19.8. The molecule has 0 unspecified atom stereocenters. The molecule has 0 N–H and O–H groups in total. The van der Waals surface area contributed by atoms with Crippen molar-refractivity contribution >= 4 is 45.9 Å². The summed E-state index contributed by atoms with van der Waals surface area (Å²) in [5, 5.41) is 2.30. The third-order valence-corrected chi connectivity index (χ3v) is 8.75. The van der Waals surface area contributed by atoms with Gasteiger partial charge in [0.1, 0.15) is 11.2 Å². The summed E-state index contributed by atoms with van der Waals surface area (Å²) in [5.74, 6) is 0. The summed E-state index contributed by atoms with van der Waals surface area (Å²) in [6.07, 6.45) is 8.88. The Labute approximate surface area is 242 Å². The molecular formula is C36H34BNO3. The average molecular weight is 539 g/mol. The van der Waals surface area contributed by atoms with Gasteiger partial charge in [-0.05, 0) is 99.6 Å². The summed E-state index contributed by atoms with van der Waals surface area (Å²) in [5.41, 5.74) is 7.84. The first kappa shape index (κ1) is 25.9. The molecule has 4 nitrogen and oxygen atoms in total. The number of hydrogen-bond donors (Lipinski definition) is 0. The fraction of sp³-hybridized carbons (Fsp3) is 0.222. The number of furan rings is 1. The number of rotatable bonds is 5. The lowest BCUT2D eigenvalue weighted by atomic mass is 9.79. The van der Waals surface area contributed by atoms with Gasteiger partial charge in [-0.3, -0.25) is 0 Å². The molecule has 5 aromatic rings. The number of anilines is 2. The first-order valence-electron chi connectivity index (χ1n) is 14.4. The highest BCUT2D eigenvalue weighted by atomic mass is 16.7. The van der Waals surface area contributed by atoms with Gasteiger partial charge in [0.15, 0.2) is 0 Å². The van der Waals surface area contributed by atoms with Gasteiger partial charge in [0.25, 0.3) is 0 Å². The van der Waals surface area contributed by atoms with Crippen LogP contribution in [0.2, 0.25) is 0 Å². The number of allylic oxidation sites excluding steroid dienone is 3. The lowest BCUT2D eigenvalue weighted by Crippen LogP contribution is -2.41. The van der Waals surface area contributed by atoms with Crippen molar-refractivity contribution in [1.82, 2.24) is 0 Å². The van der Waals surface area contributed by atoms with Gasteiger partial charge in [-0.1, -0.05) is 66.7 Å². The quantitative estimate of drug-likeness (QED) is 0.209. The van der Waals surface area contributed by atoms with E-state index in [1.807, 2.05) is 18.2 Å². The second kappa shape index (κ2) is 9.79. The largest absolute Gasteiger partial charge is 0.494 e. The molecule has 1 aromatic heterocycles. The Kier molecular flexibility index (Phi) is 6.18. The SMILES string of the molecule is CC1(C)OB(c2ccc(N(C3=CCCC=C3)c3ccc(-c4cccc5oc6ccccc6c45)cc3)cc2)OC1(C)C. The molecule has 2 aliphatic rings. The standard InChI is InChI=1S/C36H34BNO3/c1-35(2)36(3,4)41-37(40-35)26-19-23-29(24-20-26)38(27-11-6-5-7-12-27)28-21-17-25(18-22-28)30-14-10-16-33-34(30)31-13-8-9-15-32(31)39-33/h6,8-24H,5,7H2,1-4H3. The summed E-state index contributed by atoms with van der Waals surface area (Å²) < 4.78 is 18.7. The lowest BCUT2D eigenvalue weighted by molar-refractivity contribution is 0.00578. The van der Waals surface area contributed by atoms with Gasteiger partial charge in [-0.15, -0.1) is 0 Å². The molecule has 5 heteroatoms. The van der Waals surface area contributed by atoms with Crippen LogP contribution in [-0.4, -0.2) is 18.3 Å². The Morgan fingerprint density at radius 3 is 2.02 bits per heavy atom. The summed E-state index contributed by atoms with van der Waals surface area (Å²) in [6.45, 7) is 8.35. The van der Waals surface area contributed by atoms with Crippen molar-refractivity contribution in [2.75, 3.05) is 4.90 Å². The summed E-state index contributed by atoms with van der Waals surface area (Å²) in [7, 11) is -0.378. The molecule has 0 spiro atoms. The molecule has 0 saturated carbocycles. The maximum atomic E-state index is 6.29. The van der Waals surface area contributed by atoms with E-state index in [1.165, 1.54) is 11.3 Å². The molecule has 2 heterocycles. The maximum Gasteiger partial charge on any atom is 0.494 e. The van der Waals surface area contributed by atoms with Gasteiger partial charge in [0, 0.05) is 27.8 Å². The molecule has 41 heavy (non-hydrogen) atoms. The van der Waals surface area contributed by atoms with E-state index in [4.69, 9.17) is 13.7 Å². The fourth-order valence-corrected chi connectivity index (χ4v) is 5.78. The molecular weight excluding hydrogens is 505 g/mol. The zero-order valence-electron chi connectivity index (χ0n) is 24.1. The second-order valence-corrected chi connectivity index (χ2v) is 11.9. The van der Waals surface area contributed by atoms with Crippen LogP contribution in [-0.2, 0) is 9.31 Å². The normalized spacial score (nSPS) is 17.8. The van der Waals surface area contributed by atoms with Crippen LogP contribution in [0, 0.1) is 0 Å². The Balaban J connectivity index is 1.24. The highest BCUT2D eigenvalue weighted by Gasteiger charge is 2.51. The van der Waals surface area contributed by atoms with E-state index in [1.54, 1.807) is 0 Å². The zero-order valence-corrected chi connectivity index (χ0v) is 24.1. The van der Waals surface area contributed by atoms with Crippen molar-refractivity contribution in [3.63, 3.8) is 0 Å². The number of fused-ring (bicyclic) bond motifs is 3. The van der Waals surface area contributed by atoms with Gasteiger partial charge in [0.2, 0.25) is 0 Å². The van der Waals surface area contributed by atoms with Crippen LogP contribution in [0.3, 0.4) is 0 Å². The Morgan fingerprint density at radius 2 is 1.34 bits per heavy atom. The van der Waals surface area contributed by atoms with Crippen LogP contribution < -0.4 is 10.4 Å². The van der Waals surface area contributed by atoms with Crippen molar-refractivity contribution in [1.29, 1.82) is 0 Å². The second-order valence-electron chi connectivity index (χ2n) is 11.9. The smallest absolute Gasteiger partial charge is 0.456 e. The zero-order chi connectivity index (χ0) is 28.2. The predicted octanol–water partition coefficient (Wildman–Crippen LogP) is 8.92. The van der Waals surface area contributed by atoms with Gasteiger partial charge >= 0.3 is 7.12 Å². The molecule has 1 aliphatic carbocycles. The minimum Gasteiger partial charge on any atom is -0.456 e. The van der Waals surface area contributed by atoms with E-state index in [0.717, 1.165) is 57.2 Å². The van der Waals surface area contributed by atoms with Crippen LogP contribution >= 0.6 is 0 Å². The van der Waals surface area contributed by atoms with Crippen LogP contribution in [0.1, 0.15) is 40.5 Å². The molecule has 204 valence electrons. The number of hydrogen-bond acceptors (Lipinski definition) is 4. The molecule has 0 radical (unpaired) electrons. The lowest BCUT2D eigenvalue weighted by Gasteiger charge is -2.32. The van der Waals surface area contributed by atoms with E-state index in [2.05, 4.69) is 124 Å². The Hall–Kier alpha value is -4.06. The number of benzene rings is 4. The Bertz CT molecular complexity index is 1780. The molecule has 1 fully saturated rings. The summed E-state index contributed by atoms with van der Waals surface area (Å²) in [6, 6.07) is 32.0. The molecule has 0 bridgehead atoms. The maximum absolute atomic E-state index is 6.29. The molecule has 1 saturated heterocycles. The molecule has 4 aromatic carbocycles. The number of nitrogens with zero attached hydrogens (tertiary/aromatic N) is 1. The average Bonchev–Trinajstić information content (AvgIpc) is 3.47. The van der Waals surface area contributed by atoms with Crippen LogP contribution in [0.15, 0.2) is 119 Å². The van der Waals surface area contributed by atoms with Crippen molar-refractivity contribution in [3.8, 4) is 11.1 Å². The van der Waals surface area contributed by atoms with Gasteiger partial charge < -0.3 is 18.6 Å². The Morgan fingerprint density at radius 1 is 0.683 bits per heavy atom. The minimum atomic E-state index is -0.378. The van der Waals surface area contributed by atoms with Crippen molar-refractivity contribution in [2.45, 2.75) is 51.7 Å². The van der Waals surface area contributed by atoms with E-state index in [-0.39, 0.29) is 18.3 Å². The number of para-hydroxylation sites is 1. The van der Waals surface area contributed by atoms with Crippen LogP contribution in [0.4, 0.5) is 11.4 Å². The molecule has 1 aliphatic heterocycles. The molecule has 7 rings (SSSR count). The van der Waals surface area contributed by atoms with Crippen molar-refractivity contribution in [3.05, 3.63) is 115 Å². The fourth-order valence-electron chi connectivity index (χ4n) is 5.78. The van der Waals surface area contributed by atoms with Crippen molar-refractivity contribution < 1.29 is 13.7 Å². The van der Waals surface area contributed by atoms with Gasteiger partial charge in [0.05, 0.1) is 11.2 Å². The van der Waals surface area contributed by atoms with Crippen LogP contribution in [0.25, 0.3) is 33.1 Å². The van der Waals surface area contributed by atoms with Crippen molar-refractivity contribution in [2.24, 2.45) is 0 Å². The monoisotopic (exact) mass is 539 g/mol. The van der Waals surface area contributed by atoms with E-state index >= 15 is 0 Å². The van der Waals surface area contributed by atoms with E-state index < -0.39 is 0 Å². The summed E-state index contributed by atoms with van der Waals surface area (Å²) in [4.78, 5) is 2.32. The van der Waals surface area contributed by atoms with Gasteiger partial charge in [-0.2, -0.15) is 0 Å². The van der Waals surface area contributed by atoms with E-state index in [0.29, 0.717) is 0 Å². The predicted molar refractivity (Wildman–Crippen MR) is 170 cm³/mol. The molecule has 0 atom stereocenters. The molecule has 0 amide bonds. The third kappa shape index (κ3) is 4.50. The summed E-state index contributed by atoms with van der Waals surface area (Å²) >= 11 is 0. The van der Waals surface area contributed by atoms with E-state index in [9.17, 15) is 0 Å². The highest BCUT2D eigenvalue weighted by Crippen LogP contribution is 2.39. The third-order valence-electron chi connectivity index (χ3n) is 8.75. The minimum absolute atomic E-state index is 0.366.